The summed E-state index contributed by atoms with van der Waals surface area (Å²) in [6, 6.07) is 15.6. The Kier molecular flexibility index (Phi) is 17.3. The van der Waals surface area contributed by atoms with Crippen LogP contribution < -0.4 is 15.2 Å². The predicted octanol–water partition coefficient (Wildman–Crippen LogP) is 5.12. The first-order valence-electron chi connectivity index (χ1n) is 15.4. The first-order valence-corrected chi connectivity index (χ1v) is 19.8. The van der Waals surface area contributed by atoms with Gasteiger partial charge in [0.1, 0.15) is 0 Å². The largest absolute Gasteiger partial charge is 0.722 e. The highest BCUT2D eigenvalue weighted by Crippen LogP contribution is 2.26. The summed E-state index contributed by atoms with van der Waals surface area (Å²) in [4.78, 5) is 13.1. The number of terminal acetylenes is 1. The summed E-state index contributed by atoms with van der Waals surface area (Å²) in [7, 11) is -15.7. The van der Waals surface area contributed by atoms with E-state index in [9.17, 15) is 16.5 Å². The number of fused-ring (bicyclic) bond motifs is 2. The Labute approximate surface area is 305 Å². The number of amides is 1. The number of anilines is 2. The third-order valence-corrected chi connectivity index (χ3v) is 7.73. The molecule has 0 saturated heterocycles. The molecule has 1 saturated carbocycles. The van der Waals surface area contributed by atoms with Crippen LogP contribution in [0.15, 0.2) is 48.5 Å². The van der Waals surface area contributed by atoms with Gasteiger partial charge in [-0.3, -0.25) is 13.9 Å². The fraction of sp³-hybridized carbons (Fsp3) is 0.387. The van der Waals surface area contributed by atoms with Gasteiger partial charge in [-0.25, -0.2) is 8.42 Å². The van der Waals surface area contributed by atoms with Crippen LogP contribution in [0.3, 0.4) is 0 Å². The molecule has 14 nitrogen and oxygen atoms in total. The van der Waals surface area contributed by atoms with E-state index in [2.05, 4.69) is 33.3 Å². The van der Waals surface area contributed by atoms with Crippen molar-refractivity contribution in [3.8, 4) is 12.3 Å². The van der Waals surface area contributed by atoms with Gasteiger partial charge in [-0.1, -0.05) is 33.1 Å². The van der Waals surface area contributed by atoms with E-state index in [0.29, 0.717) is 29.8 Å². The van der Waals surface area contributed by atoms with Gasteiger partial charge in [-0.05, 0) is 92.6 Å². The summed E-state index contributed by atoms with van der Waals surface area (Å²) in [5.41, 5.74) is 5.85. The zero-order valence-corrected chi connectivity index (χ0v) is 30.6. The van der Waals surface area contributed by atoms with E-state index in [-0.39, 0.29) is 5.91 Å². The fourth-order valence-corrected chi connectivity index (χ4v) is 5.80. The lowest BCUT2D eigenvalue weighted by Gasteiger charge is -2.22. The number of rotatable bonds is 6. The Morgan fingerprint density at radius 3 is 2.08 bits per heavy atom. The second kappa shape index (κ2) is 20.4. The molecule has 2 aliphatic rings. The van der Waals surface area contributed by atoms with Gasteiger partial charge >= 0.3 is 21.0 Å². The van der Waals surface area contributed by atoms with Gasteiger partial charge in [0.15, 0.2) is 5.69 Å². The maximum atomic E-state index is 13.1. The van der Waals surface area contributed by atoms with E-state index < -0.39 is 31.5 Å². The number of thiocarbonyl (C=S) groups is 1. The van der Waals surface area contributed by atoms with E-state index in [4.69, 9.17) is 62.3 Å². The van der Waals surface area contributed by atoms with Crippen LogP contribution in [0.4, 0.5) is 23.0 Å². The number of carbonyl (C=O) groups is 1. The number of nitrogens with zero attached hydrogens (tertiary/aromatic N) is 1. The first-order chi connectivity index (χ1) is 24.1. The maximum Gasteiger partial charge on any atom is 0.435 e. The van der Waals surface area contributed by atoms with Crippen LogP contribution in [-0.2, 0) is 55.6 Å². The molecule has 0 atom stereocenters. The minimum absolute atomic E-state index is 0.175. The van der Waals surface area contributed by atoms with E-state index >= 15 is 0 Å². The molecule has 3 aromatic rings. The number of carbonyl (C=O) groups excluding carboxylic acids is 1. The molecule has 0 radical (unpaired) electrons. The van der Waals surface area contributed by atoms with Crippen molar-refractivity contribution in [2.45, 2.75) is 64.3 Å². The molecule has 52 heavy (non-hydrogen) atoms. The molecule has 2 aromatic carbocycles. The standard InChI is InChI=1S/C31H33N3O2S.3FHO3S/c1-2-17-34-28-14-7-6-11-23(28)18-25-20-27(15-16-29(25)34)32-30(35)24-12-8-13-26(19-24)33-31(37)36-21-22-9-4-3-5-10-22;3*1-5(2,3)4/h1,8,12-13,15-16,18-20,22H,3-7,9-11,14,17,21H2,(H-,32,33,35,37);3*(H,2,3,4). The molecule has 21 heteroatoms. The molecule has 5 rings (SSSR count). The van der Waals surface area contributed by atoms with Gasteiger partial charge in [0.2, 0.25) is 12.1 Å². The average Bonchev–Trinajstić information content (AvgIpc) is 3.02. The van der Waals surface area contributed by atoms with Gasteiger partial charge in [-0.2, -0.15) is 21.4 Å². The van der Waals surface area contributed by atoms with Crippen molar-refractivity contribution >= 4 is 77.1 Å². The lowest BCUT2D eigenvalue weighted by Crippen LogP contribution is -2.41. The number of aromatic nitrogens is 1. The smallest absolute Gasteiger partial charge is 0.435 e. The van der Waals surface area contributed by atoms with Gasteiger partial charge < -0.3 is 19.9 Å². The first kappa shape index (κ1) is 44.3. The van der Waals surface area contributed by atoms with Crippen LogP contribution in [-0.4, -0.2) is 56.6 Å². The highest BCUT2D eigenvalue weighted by Gasteiger charge is 2.23. The van der Waals surface area contributed by atoms with Crippen molar-refractivity contribution < 1.29 is 64.7 Å². The molecule has 1 amide bonds. The van der Waals surface area contributed by atoms with E-state index in [1.54, 1.807) is 12.1 Å². The highest BCUT2D eigenvalue weighted by molar-refractivity contribution is 7.81. The third-order valence-electron chi connectivity index (χ3n) is 7.51. The number of pyridine rings is 1. The lowest BCUT2D eigenvalue weighted by atomic mass is 9.90. The Morgan fingerprint density at radius 1 is 0.904 bits per heavy atom. The van der Waals surface area contributed by atoms with Gasteiger partial charge in [-0.15, -0.1) is 10.3 Å². The molecule has 1 heterocycles. The fourth-order valence-electron chi connectivity index (χ4n) is 5.62. The van der Waals surface area contributed by atoms with Crippen molar-refractivity contribution in [2.75, 3.05) is 17.2 Å². The number of halogens is 3. The molecule has 0 aliphatic heterocycles. The number of benzene rings is 2. The van der Waals surface area contributed by atoms with E-state index in [1.165, 1.54) is 56.2 Å². The average molecular weight is 812 g/mol. The maximum absolute atomic E-state index is 13.1. The van der Waals surface area contributed by atoms with Crippen molar-refractivity contribution in [3.63, 3.8) is 0 Å². The Bertz CT molecular complexity index is 1990. The number of aryl methyl sites for hydroxylation is 1. The van der Waals surface area contributed by atoms with Crippen LogP contribution in [0, 0.1) is 18.3 Å². The second-order valence-electron chi connectivity index (χ2n) is 11.4. The van der Waals surface area contributed by atoms with Crippen molar-refractivity contribution in [3.05, 3.63) is 65.4 Å². The summed E-state index contributed by atoms with van der Waals surface area (Å²) in [6.45, 7) is 1.20. The molecule has 1 fully saturated rings. The molecule has 286 valence electrons. The zero-order valence-electron chi connectivity index (χ0n) is 27.3. The Hall–Kier alpha value is -3.91. The molecule has 4 N–H and O–H groups in total. The zero-order chi connectivity index (χ0) is 39.1. The van der Waals surface area contributed by atoms with Gasteiger partial charge in [0, 0.05) is 40.4 Å². The lowest BCUT2D eigenvalue weighted by molar-refractivity contribution is -0.667. The third kappa shape index (κ3) is 19.1. The molecule has 0 bridgehead atoms. The van der Waals surface area contributed by atoms with Crippen LogP contribution >= 0.6 is 12.2 Å². The summed E-state index contributed by atoms with van der Waals surface area (Å²) in [6.07, 6.45) is 16.5. The van der Waals surface area contributed by atoms with Crippen molar-refractivity contribution in [2.24, 2.45) is 5.92 Å². The monoisotopic (exact) mass is 811 g/mol. The van der Waals surface area contributed by atoms with Gasteiger partial charge in [0.25, 0.3) is 21.6 Å². The summed E-state index contributed by atoms with van der Waals surface area (Å²) >= 11 is 5.39. The van der Waals surface area contributed by atoms with Crippen LogP contribution in [0.25, 0.3) is 10.9 Å². The normalized spacial score (nSPS) is 14.3. The Morgan fingerprint density at radius 2 is 1.48 bits per heavy atom. The summed E-state index contributed by atoms with van der Waals surface area (Å²) < 4.78 is 112. The minimum Gasteiger partial charge on any atom is -0.722 e. The summed E-state index contributed by atoms with van der Waals surface area (Å²) in [5, 5.41) is 7.61. The topological polar surface area (TPSA) is 220 Å². The van der Waals surface area contributed by atoms with Gasteiger partial charge in [0.05, 0.1) is 6.61 Å². The van der Waals surface area contributed by atoms with Crippen LogP contribution in [0.5, 0.6) is 0 Å². The Balaban J connectivity index is 0.000000528. The second-order valence-corrected chi connectivity index (χ2v) is 14.2. The molecule has 1 aromatic heterocycles. The minimum atomic E-state index is -5.42. The number of nitrogens with one attached hydrogen (secondary N) is 2. The highest BCUT2D eigenvalue weighted by atomic mass is 32.3. The molecule has 2 aliphatic carbocycles. The van der Waals surface area contributed by atoms with Crippen molar-refractivity contribution in [1.82, 2.24) is 0 Å². The molecule has 0 spiro atoms. The van der Waals surface area contributed by atoms with Crippen molar-refractivity contribution in [1.29, 1.82) is 0 Å². The number of hydrogen-bond donors (Lipinski definition) is 4. The van der Waals surface area contributed by atoms with E-state index in [0.717, 1.165) is 35.1 Å². The number of hydrogen-bond acceptors (Lipinski definition) is 10. The quantitative estimate of drug-likeness (QED) is 0.0836. The molecular formula is C31H36F3N3O11S4. The van der Waals surface area contributed by atoms with Crippen LogP contribution in [0.1, 0.15) is 66.6 Å². The molecule has 0 unspecified atom stereocenters. The van der Waals surface area contributed by atoms with Crippen LogP contribution in [0.2, 0.25) is 0 Å². The SMILES string of the molecule is C#CC[n+]1c2c(cc3cc(NC(=O)c4cccc(NC(=S)OCC5CCCCC5)c4)ccc31)CCCC2.O=S(=O)(O)F.O=S(=O)(O)F.O=S(=O)([O-])F. The predicted molar refractivity (Wildman–Crippen MR) is 189 cm³/mol. The summed E-state index contributed by atoms with van der Waals surface area (Å²) in [5.74, 6) is 3.21. The molecular weight excluding hydrogens is 776 g/mol. The van der Waals surface area contributed by atoms with E-state index in [1.807, 2.05) is 24.3 Å². The number of ether oxygens (including phenoxy) is 1.